The molecule has 0 atom stereocenters. The number of Topliss-reactive ketones (excluding diaryl/α,β-unsaturated/α-hetero) is 1. The zero-order chi connectivity index (χ0) is 11.4. The molecule has 0 bridgehead atoms. The van der Waals surface area contributed by atoms with Crippen LogP contribution in [0.1, 0.15) is 10.4 Å². The van der Waals surface area contributed by atoms with E-state index in [4.69, 9.17) is 15.2 Å². The van der Waals surface area contributed by atoms with Crippen molar-refractivity contribution in [2.45, 2.75) is 0 Å². The number of ether oxygens (including phenoxy) is 2. The Morgan fingerprint density at radius 3 is 2.33 bits per heavy atom. The molecule has 0 aliphatic heterocycles. The highest BCUT2D eigenvalue weighted by molar-refractivity contribution is 6.00. The maximum absolute atomic E-state index is 11.3. The second-order valence-corrected chi connectivity index (χ2v) is 2.85. The van der Waals surface area contributed by atoms with Gasteiger partial charge in [0.25, 0.3) is 0 Å². The number of hydrogen-bond acceptors (Lipinski definition) is 5. The first-order chi connectivity index (χ1) is 7.13. The van der Waals surface area contributed by atoms with E-state index in [2.05, 4.69) is 0 Å². The van der Waals surface area contributed by atoms with Crippen LogP contribution in [0, 0.1) is 0 Å². The summed E-state index contributed by atoms with van der Waals surface area (Å²) in [5.41, 5.74) is 5.34. The van der Waals surface area contributed by atoms with Crippen LogP contribution in [-0.2, 0) is 0 Å². The van der Waals surface area contributed by atoms with Crippen LogP contribution in [0.15, 0.2) is 12.1 Å². The van der Waals surface area contributed by atoms with E-state index in [1.54, 1.807) is 0 Å². The van der Waals surface area contributed by atoms with Gasteiger partial charge in [0.2, 0.25) is 0 Å². The molecular weight excluding hydrogens is 198 g/mol. The van der Waals surface area contributed by atoms with Gasteiger partial charge >= 0.3 is 0 Å². The topological polar surface area (TPSA) is 81.8 Å². The van der Waals surface area contributed by atoms with Gasteiger partial charge in [0.05, 0.1) is 26.3 Å². The van der Waals surface area contributed by atoms with Crippen LogP contribution in [0.25, 0.3) is 0 Å². The van der Waals surface area contributed by atoms with E-state index in [1.807, 2.05) is 0 Å². The van der Waals surface area contributed by atoms with E-state index < -0.39 is 0 Å². The standard InChI is InChI=1S/C10H13NO4/c1-14-9-3-6(8(13)5-11)7(12)4-10(9)15-2/h3-4,12H,5,11H2,1-2H3. The number of phenols is 1. The molecule has 0 heterocycles. The zero-order valence-corrected chi connectivity index (χ0v) is 8.61. The van der Waals surface area contributed by atoms with E-state index in [1.165, 1.54) is 26.4 Å². The van der Waals surface area contributed by atoms with E-state index in [0.29, 0.717) is 11.5 Å². The minimum absolute atomic E-state index is 0.134. The Labute approximate surface area is 87.4 Å². The minimum Gasteiger partial charge on any atom is -0.507 e. The van der Waals surface area contributed by atoms with E-state index in [9.17, 15) is 9.90 Å². The van der Waals surface area contributed by atoms with Gasteiger partial charge in [0.15, 0.2) is 17.3 Å². The molecule has 0 aliphatic carbocycles. The lowest BCUT2D eigenvalue weighted by Crippen LogP contribution is -2.13. The minimum atomic E-state index is -0.353. The maximum atomic E-state index is 11.3. The van der Waals surface area contributed by atoms with Gasteiger partial charge in [-0.25, -0.2) is 0 Å². The summed E-state index contributed by atoms with van der Waals surface area (Å²) in [5.74, 6) is 0.229. The van der Waals surface area contributed by atoms with Crippen LogP contribution in [-0.4, -0.2) is 31.7 Å². The largest absolute Gasteiger partial charge is 0.507 e. The lowest BCUT2D eigenvalue weighted by Gasteiger charge is -2.10. The molecule has 0 saturated heterocycles. The predicted octanol–water partition coefficient (Wildman–Crippen LogP) is 0.551. The number of aromatic hydroxyl groups is 1. The number of benzene rings is 1. The molecule has 1 aromatic carbocycles. The van der Waals surface area contributed by atoms with Crippen molar-refractivity contribution in [2.75, 3.05) is 20.8 Å². The van der Waals surface area contributed by atoms with Crippen molar-refractivity contribution in [3.8, 4) is 17.2 Å². The molecule has 0 unspecified atom stereocenters. The van der Waals surface area contributed by atoms with Crippen molar-refractivity contribution in [3.63, 3.8) is 0 Å². The first kappa shape index (κ1) is 11.3. The van der Waals surface area contributed by atoms with Crippen molar-refractivity contribution in [3.05, 3.63) is 17.7 Å². The molecule has 0 amide bonds. The average Bonchev–Trinajstić information content (AvgIpc) is 2.27. The first-order valence-corrected chi connectivity index (χ1v) is 4.32. The molecule has 0 fully saturated rings. The molecule has 0 aromatic heterocycles. The molecule has 0 spiro atoms. The number of ketones is 1. The smallest absolute Gasteiger partial charge is 0.180 e. The van der Waals surface area contributed by atoms with Crippen molar-refractivity contribution in [1.29, 1.82) is 0 Å². The summed E-state index contributed by atoms with van der Waals surface area (Å²) in [6.07, 6.45) is 0. The van der Waals surface area contributed by atoms with Gasteiger partial charge in [-0.2, -0.15) is 0 Å². The molecule has 82 valence electrons. The van der Waals surface area contributed by atoms with Crippen LogP contribution < -0.4 is 15.2 Å². The Balaban J connectivity index is 3.25. The highest BCUT2D eigenvalue weighted by Crippen LogP contribution is 2.33. The van der Waals surface area contributed by atoms with Crippen molar-refractivity contribution in [2.24, 2.45) is 5.73 Å². The SMILES string of the molecule is COc1cc(O)c(C(=O)CN)cc1OC. The summed E-state index contributed by atoms with van der Waals surface area (Å²) in [6, 6.07) is 2.73. The lowest BCUT2D eigenvalue weighted by molar-refractivity contribution is 0.0998. The van der Waals surface area contributed by atoms with Crippen LogP contribution in [0.3, 0.4) is 0 Å². The summed E-state index contributed by atoms with van der Waals surface area (Å²) in [6.45, 7) is -0.164. The van der Waals surface area contributed by atoms with Crippen LogP contribution >= 0.6 is 0 Å². The Morgan fingerprint density at radius 2 is 1.87 bits per heavy atom. The lowest BCUT2D eigenvalue weighted by atomic mass is 10.1. The normalized spacial score (nSPS) is 9.80. The van der Waals surface area contributed by atoms with Gasteiger partial charge in [-0.15, -0.1) is 0 Å². The van der Waals surface area contributed by atoms with Gasteiger partial charge in [0.1, 0.15) is 5.75 Å². The summed E-state index contributed by atoms with van der Waals surface area (Å²) in [5, 5.41) is 9.53. The molecule has 0 saturated carbocycles. The van der Waals surface area contributed by atoms with Crippen LogP contribution in [0.4, 0.5) is 0 Å². The molecule has 1 aromatic rings. The highest BCUT2D eigenvalue weighted by atomic mass is 16.5. The second kappa shape index (κ2) is 4.65. The second-order valence-electron chi connectivity index (χ2n) is 2.85. The Morgan fingerprint density at radius 1 is 1.33 bits per heavy atom. The van der Waals surface area contributed by atoms with Crippen molar-refractivity contribution in [1.82, 2.24) is 0 Å². The third-order valence-electron chi connectivity index (χ3n) is 1.99. The fourth-order valence-electron chi connectivity index (χ4n) is 1.20. The monoisotopic (exact) mass is 211 g/mol. The molecule has 3 N–H and O–H groups in total. The van der Waals surface area contributed by atoms with Crippen molar-refractivity contribution < 1.29 is 19.4 Å². The zero-order valence-electron chi connectivity index (χ0n) is 8.61. The molecule has 5 heteroatoms. The maximum Gasteiger partial charge on any atom is 0.180 e. The number of nitrogens with two attached hydrogens (primary N) is 1. The van der Waals surface area contributed by atoms with E-state index in [-0.39, 0.29) is 23.6 Å². The molecule has 5 nitrogen and oxygen atoms in total. The predicted molar refractivity (Wildman–Crippen MR) is 54.6 cm³/mol. The summed E-state index contributed by atoms with van der Waals surface area (Å²) < 4.78 is 9.96. The molecular formula is C10H13NO4. The van der Waals surface area contributed by atoms with Crippen LogP contribution in [0.2, 0.25) is 0 Å². The highest BCUT2D eigenvalue weighted by Gasteiger charge is 2.14. The number of carbonyl (C=O) groups is 1. The number of phenolic OH excluding ortho intramolecular Hbond substituents is 1. The van der Waals surface area contributed by atoms with Gasteiger partial charge in [-0.05, 0) is 6.07 Å². The van der Waals surface area contributed by atoms with Crippen molar-refractivity contribution >= 4 is 5.78 Å². The Bertz CT molecular complexity index is 376. The molecule has 15 heavy (non-hydrogen) atoms. The molecule has 1 rings (SSSR count). The number of rotatable bonds is 4. The van der Waals surface area contributed by atoms with Gasteiger partial charge in [-0.1, -0.05) is 0 Å². The molecule has 0 aliphatic rings. The fourth-order valence-corrected chi connectivity index (χ4v) is 1.20. The number of methoxy groups -OCH3 is 2. The number of carbonyl (C=O) groups excluding carboxylic acids is 1. The van der Waals surface area contributed by atoms with Crippen LogP contribution in [0.5, 0.6) is 17.2 Å². The fraction of sp³-hybridized carbons (Fsp3) is 0.300. The first-order valence-electron chi connectivity index (χ1n) is 4.32. The number of hydrogen-bond donors (Lipinski definition) is 2. The van der Waals surface area contributed by atoms with Gasteiger partial charge in [0, 0.05) is 6.07 Å². The summed E-state index contributed by atoms with van der Waals surface area (Å²) in [7, 11) is 2.90. The third-order valence-corrected chi connectivity index (χ3v) is 1.99. The molecule has 0 radical (unpaired) electrons. The van der Waals surface area contributed by atoms with Gasteiger partial charge in [-0.3, -0.25) is 4.79 Å². The third kappa shape index (κ3) is 2.19. The Hall–Kier alpha value is -1.75. The van der Waals surface area contributed by atoms with E-state index >= 15 is 0 Å². The quantitative estimate of drug-likeness (QED) is 0.711. The van der Waals surface area contributed by atoms with Gasteiger partial charge < -0.3 is 20.3 Å². The summed E-state index contributed by atoms with van der Waals surface area (Å²) >= 11 is 0. The van der Waals surface area contributed by atoms with E-state index in [0.717, 1.165) is 0 Å². The summed E-state index contributed by atoms with van der Waals surface area (Å²) in [4.78, 5) is 11.3. The Kier molecular flexibility index (Phi) is 3.51. The average molecular weight is 211 g/mol.